The predicted octanol–water partition coefficient (Wildman–Crippen LogP) is -0.797. The number of carbonyl (C=O) groups is 1. The number of aliphatic carboxylic acids is 1. The standard InChI is InChI=1S/C6H10O4/c7-4-2-1-3(5(4)8)6(9)10/h3-5,7-8H,1-2H2,(H,9,10)/t3-,4-,5-/m1/s1. The van der Waals surface area contributed by atoms with Gasteiger partial charge in [-0.15, -0.1) is 0 Å². The van der Waals surface area contributed by atoms with Gasteiger partial charge in [-0.25, -0.2) is 0 Å². The second-order valence-electron chi connectivity index (χ2n) is 2.58. The van der Waals surface area contributed by atoms with Gasteiger partial charge < -0.3 is 15.3 Å². The van der Waals surface area contributed by atoms with Crippen LogP contribution in [0.15, 0.2) is 0 Å². The molecule has 0 radical (unpaired) electrons. The van der Waals surface area contributed by atoms with Crippen LogP contribution in [0.1, 0.15) is 12.8 Å². The molecular formula is C6H10O4. The molecule has 0 saturated heterocycles. The van der Waals surface area contributed by atoms with Crippen LogP contribution in [0.25, 0.3) is 0 Å². The Morgan fingerprint density at radius 2 is 1.90 bits per heavy atom. The Bertz CT molecular complexity index is 145. The van der Waals surface area contributed by atoms with E-state index in [1.165, 1.54) is 0 Å². The summed E-state index contributed by atoms with van der Waals surface area (Å²) in [4.78, 5) is 10.3. The van der Waals surface area contributed by atoms with Crippen molar-refractivity contribution in [3.8, 4) is 0 Å². The molecule has 3 N–H and O–H groups in total. The van der Waals surface area contributed by atoms with Crippen LogP contribution in [-0.4, -0.2) is 33.5 Å². The molecule has 0 amide bonds. The first-order valence-corrected chi connectivity index (χ1v) is 3.22. The van der Waals surface area contributed by atoms with Crippen molar-refractivity contribution in [1.82, 2.24) is 0 Å². The number of hydrogen-bond donors (Lipinski definition) is 3. The minimum atomic E-state index is -1.07. The van der Waals surface area contributed by atoms with E-state index < -0.39 is 24.1 Å². The molecule has 4 heteroatoms. The minimum Gasteiger partial charge on any atom is -0.481 e. The van der Waals surface area contributed by atoms with Gasteiger partial charge in [0.2, 0.25) is 0 Å². The maximum atomic E-state index is 10.3. The highest BCUT2D eigenvalue weighted by molar-refractivity contribution is 5.71. The second-order valence-corrected chi connectivity index (χ2v) is 2.58. The van der Waals surface area contributed by atoms with Crippen molar-refractivity contribution in [2.75, 3.05) is 0 Å². The van der Waals surface area contributed by atoms with Gasteiger partial charge in [0.05, 0.1) is 18.1 Å². The Morgan fingerprint density at radius 1 is 1.30 bits per heavy atom. The van der Waals surface area contributed by atoms with E-state index in [0.29, 0.717) is 12.8 Å². The van der Waals surface area contributed by atoms with Crippen molar-refractivity contribution in [3.05, 3.63) is 0 Å². The van der Waals surface area contributed by atoms with Gasteiger partial charge in [0.15, 0.2) is 0 Å². The van der Waals surface area contributed by atoms with Crippen molar-refractivity contribution in [2.45, 2.75) is 25.0 Å². The van der Waals surface area contributed by atoms with Crippen molar-refractivity contribution < 1.29 is 20.1 Å². The Labute approximate surface area is 58.1 Å². The summed E-state index contributed by atoms with van der Waals surface area (Å²) in [7, 11) is 0. The summed E-state index contributed by atoms with van der Waals surface area (Å²) in [6.45, 7) is 0. The first-order valence-electron chi connectivity index (χ1n) is 3.22. The maximum Gasteiger partial charge on any atom is 0.309 e. The van der Waals surface area contributed by atoms with Crippen LogP contribution in [0.5, 0.6) is 0 Å². The number of hydrogen-bond acceptors (Lipinski definition) is 3. The summed E-state index contributed by atoms with van der Waals surface area (Å²) in [5.74, 6) is -1.79. The number of aliphatic hydroxyl groups excluding tert-OH is 2. The molecule has 0 spiro atoms. The third kappa shape index (κ3) is 1.12. The molecule has 1 aliphatic carbocycles. The smallest absolute Gasteiger partial charge is 0.309 e. The largest absolute Gasteiger partial charge is 0.481 e. The van der Waals surface area contributed by atoms with Gasteiger partial charge in [0, 0.05) is 0 Å². The molecule has 1 rings (SSSR count). The molecule has 10 heavy (non-hydrogen) atoms. The lowest BCUT2D eigenvalue weighted by atomic mass is 10.1. The third-order valence-electron chi connectivity index (χ3n) is 1.90. The van der Waals surface area contributed by atoms with Gasteiger partial charge in [-0.05, 0) is 12.8 Å². The van der Waals surface area contributed by atoms with Crippen LogP contribution < -0.4 is 0 Å². The number of carboxylic acid groups (broad SMARTS) is 1. The second kappa shape index (κ2) is 2.56. The summed E-state index contributed by atoms with van der Waals surface area (Å²) in [5.41, 5.74) is 0. The van der Waals surface area contributed by atoms with Gasteiger partial charge in [-0.2, -0.15) is 0 Å². The summed E-state index contributed by atoms with van der Waals surface area (Å²) in [6, 6.07) is 0. The Morgan fingerprint density at radius 3 is 2.10 bits per heavy atom. The van der Waals surface area contributed by atoms with E-state index in [2.05, 4.69) is 0 Å². The lowest BCUT2D eigenvalue weighted by Crippen LogP contribution is -2.29. The molecule has 0 aromatic rings. The molecule has 0 aromatic heterocycles. The first kappa shape index (κ1) is 7.50. The topological polar surface area (TPSA) is 77.8 Å². The zero-order valence-electron chi connectivity index (χ0n) is 5.40. The molecule has 1 fully saturated rings. The van der Waals surface area contributed by atoms with E-state index in [1.54, 1.807) is 0 Å². The lowest BCUT2D eigenvalue weighted by Gasteiger charge is -2.10. The van der Waals surface area contributed by atoms with E-state index in [4.69, 9.17) is 15.3 Å². The molecule has 1 aliphatic rings. The number of carboxylic acids is 1. The van der Waals surface area contributed by atoms with E-state index in [-0.39, 0.29) is 0 Å². The lowest BCUT2D eigenvalue weighted by molar-refractivity contribution is -0.145. The molecule has 0 aromatic carbocycles. The summed E-state index contributed by atoms with van der Waals surface area (Å²) in [5, 5.41) is 26.3. The van der Waals surface area contributed by atoms with Crippen LogP contribution in [0, 0.1) is 5.92 Å². The quantitative estimate of drug-likeness (QED) is 0.452. The molecular weight excluding hydrogens is 136 g/mol. The predicted molar refractivity (Wildman–Crippen MR) is 32.4 cm³/mol. The van der Waals surface area contributed by atoms with Crippen molar-refractivity contribution >= 4 is 5.97 Å². The van der Waals surface area contributed by atoms with E-state index in [1.807, 2.05) is 0 Å². The van der Waals surface area contributed by atoms with Crippen LogP contribution in [0.2, 0.25) is 0 Å². The zero-order valence-corrected chi connectivity index (χ0v) is 5.40. The highest BCUT2D eigenvalue weighted by atomic mass is 16.4. The van der Waals surface area contributed by atoms with Crippen LogP contribution >= 0.6 is 0 Å². The summed E-state index contributed by atoms with van der Waals surface area (Å²) >= 11 is 0. The monoisotopic (exact) mass is 146 g/mol. The van der Waals surface area contributed by atoms with Crippen LogP contribution in [-0.2, 0) is 4.79 Å². The van der Waals surface area contributed by atoms with Gasteiger partial charge in [-0.3, -0.25) is 4.79 Å². The van der Waals surface area contributed by atoms with E-state index in [0.717, 1.165) is 0 Å². The summed E-state index contributed by atoms with van der Waals surface area (Å²) in [6.07, 6.45) is -1.16. The Hall–Kier alpha value is -0.610. The van der Waals surface area contributed by atoms with Gasteiger partial charge in [0.25, 0.3) is 0 Å². The summed E-state index contributed by atoms with van der Waals surface area (Å²) < 4.78 is 0. The average molecular weight is 146 g/mol. The van der Waals surface area contributed by atoms with Crippen LogP contribution in [0.4, 0.5) is 0 Å². The average Bonchev–Trinajstić information content (AvgIpc) is 2.14. The maximum absolute atomic E-state index is 10.3. The molecule has 0 unspecified atom stereocenters. The van der Waals surface area contributed by atoms with Crippen LogP contribution in [0.3, 0.4) is 0 Å². The third-order valence-corrected chi connectivity index (χ3v) is 1.90. The van der Waals surface area contributed by atoms with Gasteiger partial charge >= 0.3 is 5.97 Å². The fraction of sp³-hybridized carbons (Fsp3) is 0.833. The molecule has 0 aliphatic heterocycles. The van der Waals surface area contributed by atoms with Crippen molar-refractivity contribution in [2.24, 2.45) is 5.92 Å². The normalized spacial score (nSPS) is 40.0. The van der Waals surface area contributed by atoms with Gasteiger partial charge in [0.1, 0.15) is 0 Å². The van der Waals surface area contributed by atoms with E-state index in [9.17, 15) is 4.79 Å². The highest BCUT2D eigenvalue weighted by Crippen LogP contribution is 2.25. The minimum absolute atomic E-state index is 0.373. The molecule has 3 atom stereocenters. The zero-order chi connectivity index (χ0) is 7.72. The SMILES string of the molecule is O=C(O)[C@@H]1CC[C@@H](O)[C@@H]1O. The first-order chi connectivity index (χ1) is 4.63. The molecule has 1 saturated carbocycles. The molecule has 4 nitrogen and oxygen atoms in total. The van der Waals surface area contributed by atoms with Gasteiger partial charge in [-0.1, -0.05) is 0 Å². The Balaban J connectivity index is 2.57. The number of aliphatic hydroxyl groups is 2. The molecule has 0 bridgehead atoms. The molecule has 0 heterocycles. The Kier molecular flexibility index (Phi) is 1.92. The fourth-order valence-corrected chi connectivity index (χ4v) is 1.23. The van der Waals surface area contributed by atoms with E-state index >= 15 is 0 Å². The number of rotatable bonds is 1. The fourth-order valence-electron chi connectivity index (χ4n) is 1.23. The highest BCUT2D eigenvalue weighted by Gasteiger charge is 2.37. The molecule has 58 valence electrons. The van der Waals surface area contributed by atoms with Crippen molar-refractivity contribution in [1.29, 1.82) is 0 Å². The van der Waals surface area contributed by atoms with Crippen molar-refractivity contribution in [3.63, 3.8) is 0 Å².